The van der Waals surface area contributed by atoms with Crippen LogP contribution in [0.5, 0.6) is 0 Å². The minimum absolute atomic E-state index is 0.159. The predicted octanol–water partition coefficient (Wildman–Crippen LogP) is 0.427. The highest BCUT2D eigenvalue weighted by atomic mass is 32.2. The second-order valence-electron chi connectivity index (χ2n) is 5.06. The van der Waals surface area contributed by atoms with Crippen molar-refractivity contribution in [3.63, 3.8) is 0 Å². The fourth-order valence-corrected chi connectivity index (χ4v) is 4.84. The summed E-state index contributed by atoms with van der Waals surface area (Å²) in [5.74, 6) is 1.11. The van der Waals surface area contributed by atoms with E-state index in [0.29, 0.717) is 24.6 Å². The maximum atomic E-state index is 11.9. The number of hydrogen-bond acceptors (Lipinski definition) is 3. The molecule has 6 heteroatoms. The molecule has 0 aromatic rings. The Morgan fingerprint density at radius 2 is 1.67 bits per heavy atom. The van der Waals surface area contributed by atoms with Gasteiger partial charge in [-0.3, -0.25) is 4.21 Å². The summed E-state index contributed by atoms with van der Waals surface area (Å²) in [4.78, 5) is 0. The molecule has 4 nitrogen and oxygen atoms in total. The maximum absolute atomic E-state index is 11.9. The van der Waals surface area contributed by atoms with Crippen LogP contribution in [0.2, 0.25) is 0 Å². The summed E-state index contributed by atoms with van der Waals surface area (Å²) < 4.78 is 36.5. The fraction of sp³-hybridized carbons (Fsp3) is 1.00. The van der Waals surface area contributed by atoms with Crippen molar-refractivity contribution in [2.24, 2.45) is 5.41 Å². The number of sulfonamides is 1. The van der Waals surface area contributed by atoms with Crippen molar-refractivity contribution in [3.05, 3.63) is 0 Å². The number of nitrogens with zero attached hydrogens (tertiary/aromatic N) is 1. The molecular weight excluding hydrogens is 234 g/mol. The van der Waals surface area contributed by atoms with Gasteiger partial charge in [0.2, 0.25) is 10.0 Å². The lowest BCUT2D eigenvalue weighted by Gasteiger charge is -2.28. The van der Waals surface area contributed by atoms with E-state index >= 15 is 0 Å². The third kappa shape index (κ3) is 4.20. The summed E-state index contributed by atoms with van der Waals surface area (Å²) in [6.45, 7) is 6.54. The third-order valence-electron chi connectivity index (χ3n) is 2.15. The van der Waals surface area contributed by atoms with E-state index in [9.17, 15) is 12.6 Å². The molecule has 0 aliphatic carbocycles. The van der Waals surface area contributed by atoms with Crippen LogP contribution >= 0.6 is 0 Å². The first-order valence-corrected chi connectivity index (χ1v) is 8.13. The Morgan fingerprint density at radius 1 is 1.20 bits per heavy atom. The van der Waals surface area contributed by atoms with Gasteiger partial charge in [-0.2, -0.15) is 0 Å². The van der Waals surface area contributed by atoms with Crippen molar-refractivity contribution in [2.45, 2.75) is 20.8 Å². The zero-order valence-corrected chi connectivity index (χ0v) is 11.2. The Balaban J connectivity index is 2.67. The number of rotatable bonds is 2. The molecule has 15 heavy (non-hydrogen) atoms. The van der Waals surface area contributed by atoms with Gasteiger partial charge < -0.3 is 0 Å². The van der Waals surface area contributed by atoms with Crippen molar-refractivity contribution in [3.8, 4) is 0 Å². The molecule has 0 N–H and O–H groups in total. The van der Waals surface area contributed by atoms with Crippen molar-refractivity contribution in [2.75, 3.05) is 30.3 Å². The monoisotopic (exact) mass is 253 g/mol. The molecule has 1 fully saturated rings. The molecule has 0 saturated carbocycles. The lowest BCUT2D eigenvalue weighted by Crippen LogP contribution is -2.44. The molecule has 1 heterocycles. The molecular formula is C9H19NO3S2. The predicted molar refractivity (Wildman–Crippen MR) is 62.7 cm³/mol. The van der Waals surface area contributed by atoms with Crippen molar-refractivity contribution in [1.29, 1.82) is 0 Å². The van der Waals surface area contributed by atoms with E-state index in [1.165, 1.54) is 4.31 Å². The molecule has 0 radical (unpaired) electrons. The van der Waals surface area contributed by atoms with Gasteiger partial charge in [0.15, 0.2) is 0 Å². The highest BCUT2D eigenvalue weighted by molar-refractivity contribution is 7.89. The molecule has 90 valence electrons. The zero-order valence-electron chi connectivity index (χ0n) is 9.52. The molecule has 0 unspecified atom stereocenters. The van der Waals surface area contributed by atoms with E-state index in [-0.39, 0.29) is 11.2 Å². The van der Waals surface area contributed by atoms with E-state index in [1.54, 1.807) is 0 Å². The molecule has 1 aliphatic rings. The Hall–Kier alpha value is 0.0600. The van der Waals surface area contributed by atoms with Crippen LogP contribution in [-0.4, -0.2) is 47.3 Å². The van der Waals surface area contributed by atoms with Crippen LogP contribution in [0.4, 0.5) is 0 Å². The van der Waals surface area contributed by atoms with Gasteiger partial charge >= 0.3 is 0 Å². The lowest BCUT2D eigenvalue weighted by molar-refractivity contribution is 0.406. The van der Waals surface area contributed by atoms with Gasteiger partial charge in [0, 0.05) is 35.4 Å². The largest absolute Gasteiger partial charge is 0.259 e. The lowest BCUT2D eigenvalue weighted by atomic mass is 10.0. The second-order valence-corrected chi connectivity index (χ2v) is 8.73. The summed E-state index contributed by atoms with van der Waals surface area (Å²) in [6, 6.07) is 0. The molecule has 0 spiro atoms. The van der Waals surface area contributed by atoms with E-state index < -0.39 is 20.8 Å². The Labute approximate surface area is 94.5 Å². The first-order chi connectivity index (χ1) is 6.71. The smallest absolute Gasteiger partial charge is 0.214 e. The van der Waals surface area contributed by atoms with Crippen LogP contribution in [0.3, 0.4) is 0 Å². The average Bonchev–Trinajstić information content (AvgIpc) is 2.00. The van der Waals surface area contributed by atoms with Gasteiger partial charge in [-0.05, 0) is 5.41 Å². The van der Waals surface area contributed by atoms with E-state index in [2.05, 4.69) is 0 Å². The quantitative estimate of drug-likeness (QED) is 0.717. The van der Waals surface area contributed by atoms with E-state index in [4.69, 9.17) is 0 Å². The number of hydrogen-bond donors (Lipinski definition) is 0. The van der Waals surface area contributed by atoms with Crippen molar-refractivity contribution >= 4 is 20.8 Å². The minimum Gasteiger partial charge on any atom is -0.259 e. The van der Waals surface area contributed by atoms with Gasteiger partial charge in [0.25, 0.3) is 0 Å². The topological polar surface area (TPSA) is 54.5 Å². The van der Waals surface area contributed by atoms with Crippen LogP contribution in [0.15, 0.2) is 0 Å². The normalized spacial score (nSPS) is 21.8. The van der Waals surface area contributed by atoms with E-state index in [1.807, 2.05) is 20.8 Å². The average molecular weight is 253 g/mol. The van der Waals surface area contributed by atoms with Crippen LogP contribution in [0.1, 0.15) is 20.8 Å². The molecule has 1 rings (SSSR count). The van der Waals surface area contributed by atoms with Crippen LogP contribution < -0.4 is 0 Å². The SMILES string of the molecule is CC(C)(C)CS(=O)(=O)N1CCS(=O)CC1. The Morgan fingerprint density at radius 3 is 2.07 bits per heavy atom. The maximum Gasteiger partial charge on any atom is 0.214 e. The molecule has 0 amide bonds. The Bertz CT molecular complexity index is 333. The molecule has 0 bridgehead atoms. The van der Waals surface area contributed by atoms with Crippen molar-refractivity contribution in [1.82, 2.24) is 4.31 Å². The van der Waals surface area contributed by atoms with Crippen LogP contribution in [0.25, 0.3) is 0 Å². The minimum atomic E-state index is -3.17. The second kappa shape index (κ2) is 4.51. The van der Waals surface area contributed by atoms with Gasteiger partial charge in [-0.1, -0.05) is 20.8 Å². The Kier molecular flexibility index (Phi) is 3.95. The highest BCUT2D eigenvalue weighted by Crippen LogP contribution is 2.19. The first-order valence-electron chi connectivity index (χ1n) is 5.03. The van der Waals surface area contributed by atoms with E-state index in [0.717, 1.165) is 0 Å². The summed E-state index contributed by atoms with van der Waals surface area (Å²) in [5.41, 5.74) is -0.227. The van der Waals surface area contributed by atoms with Crippen LogP contribution in [0, 0.1) is 5.41 Å². The summed E-state index contributed by atoms with van der Waals surface area (Å²) in [6.07, 6.45) is 0. The standard InChI is InChI=1S/C9H19NO3S2/c1-9(2,3)8-15(12,13)10-4-6-14(11)7-5-10/h4-8H2,1-3H3. The first kappa shape index (κ1) is 13.1. The van der Waals surface area contributed by atoms with Crippen molar-refractivity contribution < 1.29 is 12.6 Å². The van der Waals surface area contributed by atoms with Gasteiger partial charge in [-0.25, -0.2) is 12.7 Å². The summed E-state index contributed by atoms with van der Waals surface area (Å²) in [5, 5.41) is 0. The summed E-state index contributed by atoms with van der Waals surface area (Å²) in [7, 11) is -3.99. The molecule has 0 aromatic carbocycles. The highest BCUT2D eigenvalue weighted by Gasteiger charge is 2.30. The fourth-order valence-electron chi connectivity index (χ4n) is 1.54. The molecule has 0 aromatic heterocycles. The van der Waals surface area contributed by atoms with Gasteiger partial charge in [0.05, 0.1) is 5.75 Å². The molecule has 0 atom stereocenters. The van der Waals surface area contributed by atoms with Crippen LogP contribution in [-0.2, 0) is 20.8 Å². The zero-order chi connectivity index (χ0) is 11.7. The van der Waals surface area contributed by atoms with Gasteiger partial charge in [0.1, 0.15) is 0 Å². The third-order valence-corrected chi connectivity index (χ3v) is 5.80. The molecule has 1 saturated heterocycles. The molecule has 1 aliphatic heterocycles. The van der Waals surface area contributed by atoms with Gasteiger partial charge in [-0.15, -0.1) is 0 Å². The summed E-state index contributed by atoms with van der Waals surface area (Å²) >= 11 is 0.